The second-order valence-corrected chi connectivity index (χ2v) is 7.80. The highest BCUT2D eigenvalue weighted by Crippen LogP contribution is 2.42. The SMILES string of the molecule is C=C[C@@]1(C)C[C@](O)(CC)C(=O)N1S(=O)(=O)c1ccc(C)cc1. The Balaban J connectivity index is 2.59. The summed E-state index contributed by atoms with van der Waals surface area (Å²) in [5.74, 6) is -0.794. The second kappa shape index (κ2) is 5.21. The topological polar surface area (TPSA) is 74.7 Å². The Morgan fingerprint density at radius 1 is 1.36 bits per heavy atom. The van der Waals surface area contributed by atoms with Gasteiger partial charge in [0.2, 0.25) is 0 Å². The van der Waals surface area contributed by atoms with Crippen molar-refractivity contribution in [1.29, 1.82) is 0 Å². The van der Waals surface area contributed by atoms with Gasteiger partial charge in [0.25, 0.3) is 15.9 Å². The van der Waals surface area contributed by atoms with Gasteiger partial charge in [-0.1, -0.05) is 30.7 Å². The van der Waals surface area contributed by atoms with Gasteiger partial charge in [0.05, 0.1) is 10.4 Å². The Kier molecular flexibility index (Phi) is 3.96. The molecule has 1 N–H and O–H groups in total. The van der Waals surface area contributed by atoms with E-state index in [1.807, 2.05) is 6.92 Å². The monoisotopic (exact) mass is 323 g/mol. The molecule has 1 amide bonds. The van der Waals surface area contributed by atoms with Crippen LogP contribution >= 0.6 is 0 Å². The van der Waals surface area contributed by atoms with Crippen molar-refractivity contribution in [3.8, 4) is 0 Å². The zero-order valence-corrected chi connectivity index (χ0v) is 13.9. The molecule has 1 aromatic rings. The lowest BCUT2D eigenvalue weighted by Crippen LogP contribution is -2.47. The predicted octanol–water partition coefficient (Wildman–Crippen LogP) is 2.00. The van der Waals surface area contributed by atoms with E-state index >= 15 is 0 Å². The van der Waals surface area contributed by atoms with Crippen molar-refractivity contribution in [2.24, 2.45) is 0 Å². The molecule has 0 bridgehead atoms. The van der Waals surface area contributed by atoms with Crippen molar-refractivity contribution in [3.05, 3.63) is 42.5 Å². The van der Waals surface area contributed by atoms with E-state index < -0.39 is 27.1 Å². The normalized spacial score (nSPS) is 28.9. The standard InChI is InChI=1S/C16H21NO4S/c1-5-15(4)11-16(19,6-2)14(18)17(15)22(20,21)13-9-7-12(3)8-10-13/h5,7-10,19H,1,6,11H2,2-4H3/t15-,16+/m0/s1. The number of aryl methyl sites for hydroxylation is 1. The molecule has 0 saturated carbocycles. The minimum absolute atomic E-state index is 0.00389. The minimum Gasteiger partial charge on any atom is -0.380 e. The molecule has 0 aromatic heterocycles. The first-order valence-electron chi connectivity index (χ1n) is 7.13. The Hall–Kier alpha value is -1.66. The van der Waals surface area contributed by atoms with Gasteiger partial charge in [-0.2, -0.15) is 0 Å². The highest BCUT2D eigenvalue weighted by Gasteiger charge is 2.59. The number of amides is 1. The number of hydrogen-bond donors (Lipinski definition) is 1. The Labute approximate surface area is 131 Å². The Morgan fingerprint density at radius 2 is 1.91 bits per heavy atom. The van der Waals surface area contributed by atoms with Crippen LogP contribution in [0.4, 0.5) is 0 Å². The quantitative estimate of drug-likeness (QED) is 0.860. The molecule has 5 nitrogen and oxygen atoms in total. The molecule has 2 atom stereocenters. The predicted molar refractivity (Wildman–Crippen MR) is 83.7 cm³/mol. The van der Waals surface area contributed by atoms with Crippen LogP contribution in [0.25, 0.3) is 0 Å². The third-order valence-electron chi connectivity index (χ3n) is 4.28. The van der Waals surface area contributed by atoms with Crippen LogP contribution in [0.3, 0.4) is 0 Å². The average Bonchev–Trinajstić information content (AvgIpc) is 2.68. The van der Waals surface area contributed by atoms with Crippen LogP contribution in [0, 0.1) is 6.92 Å². The number of carbonyl (C=O) groups excluding carboxylic acids is 1. The van der Waals surface area contributed by atoms with Gasteiger partial charge in [0.15, 0.2) is 0 Å². The molecule has 0 aliphatic carbocycles. The van der Waals surface area contributed by atoms with Gasteiger partial charge in [-0.15, -0.1) is 6.58 Å². The number of carbonyl (C=O) groups is 1. The largest absolute Gasteiger partial charge is 0.380 e. The van der Waals surface area contributed by atoms with Crippen molar-refractivity contribution in [3.63, 3.8) is 0 Å². The molecule has 22 heavy (non-hydrogen) atoms. The fourth-order valence-electron chi connectivity index (χ4n) is 2.79. The molecule has 0 spiro atoms. The summed E-state index contributed by atoms with van der Waals surface area (Å²) in [6, 6.07) is 6.27. The van der Waals surface area contributed by atoms with Gasteiger partial charge in [0, 0.05) is 6.42 Å². The van der Waals surface area contributed by atoms with E-state index in [1.165, 1.54) is 18.2 Å². The van der Waals surface area contributed by atoms with E-state index in [-0.39, 0.29) is 17.7 Å². The van der Waals surface area contributed by atoms with Crippen molar-refractivity contribution in [2.45, 2.75) is 49.6 Å². The maximum absolute atomic E-state index is 12.9. The van der Waals surface area contributed by atoms with Gasteiger partial charge in [-0.3, -0.25) is 4.79 Å². The third kappa shape index (κ3) is 2.36. The van der Waals surface area contributed by atoms with E-state index in [0.717, 1.165) is 9.87 Å². The van der Waals surface area contributed by atoms with E-state index in [2.05, 4.69) is 6.58 Å². The van der Waals surface area contributed by atoms with Crippen molar-refractivity contribution in [1.82, 2.24) is 4.31 Å². The Bertz CT molecular complexity index is 710. The van der Waals surface area contributed by atoms with Gasteiger partial charge >= 0.3 is 0 Å². The van der Waals surface area contributed by atoms with Crippen molar-refractivity contribution < 1.29 is 18.3 Å². The first-order valence-corrected chi connectivity index (χ1v) is 8.57. The lowest BCUT2D eigenvalue weighted by molar-refractivity contribution is -0.140. The number of rotatable bonds is 4. The van der Waals surface area contributed by atoms with Crippen molar-refractivity contribution in [2.75, 3.05) is 0 Å². The number of nitrogens with zero attached hydrogens (tertiary/aromatic N) is 1. The van der Waals surface area contributed by atoms with Gasteiger partial charge < -0.3 is 5.11 Å². The first kappa shape index (κ1) is 16.7. The zero-order chi connectivity index (χ0) is 16.8. The molecule has 1 aliphatic heterocycles. The molecule has 2 rings (SSSR count). The first-order chi connectivity index (χ1) is 10.1. The van der Waals surface area contributed by atoms with Crippen LogP contribution in [0.1, 0.15) is 32.3 Å². The molecule has 6 heteroatoms. The third-order valence-corrected chi connectivity index (χ3v) is 6.21. The van der Waals surface area contributed by atoms with Crippen LogP contribution in [0.2, 0.25) is 0 Å². The maximum atomic E-state index is 12.9. The van der Waals surface area contributed by atoms with E-state index in [9.17, 15) is 18.3 Å². The van der Waals surface area contributed by atoms with E-state index in [4.69, 9.17) is 0 Å². The number of benzene rings is 1. The zero-order valence-electron chi connectivity index (χ0n) is 13.0. The molecule has 0 unspecified atom stereocenters. The summed E-state index contributed by atoms with van der Waals surface area (Å²) >= 11 is 0. The average molecular weight is 323 g/mol. The van der Waals surface area contributed by atoms with Crippen molar-refractivity contribution >= 4 is 15.9 Å². The number of aliphatic hydroxyl groups is 1. The highest BCUT2D eigenvalue weighted by molar-refractivity contribution is 7.89. The lowest BCUT2D eigenvalue weighted by Gasteiger charge is -2.30. The molecule has 1 heterocycles. The molecule has 120 valence electrons. The minimum atomic E-state index is -4.05. The molecule has 1 aliphatic rings. The summed E-state index contributed by atoms with van der Waals surface area (Å²) in [4.78, 5) is 12.6. The Morgan fingerprint density at radius 3 is 2.36 bits per heavy atom. The fourth-order valence-corrected chi connectivity index (χ4v) is 4.56. The summed E-state index contributed by atoms with van der Waals surface area (Å²) in [5.41, 5.74) is -1.91. The summed E-state index contributed by atoms with van der Waals surface area (Å²) in [5, 5.41) is 10.5. The molecule has 1 fully saturated rings. The molecular formula is C16H21NO4S. The van der Waals surface area contributed by atoms with Crippen LogP contribution in [-0.2, 0) is 14.8 Å². The summed E-state index contributed by atoms with van der Waals surface area (Å²) < 4.78 is 26.5. The van der Waals surface area contributed by atoms with Crippen LogP contribution in [-0.4, -0.2) is 34.9 Å². The molecule has 1 aromatic carbocycles. The fraction of sp³-hybridized carbons (Fsp3) is 0.438. The highest BCUT2D eigenvalue weighted by atomic mass is 32.2. The van der Waals surface area contributed by atoms with Crippen LogP contribution in [0.5, 0.6) is 0 Å². The molecular weight excluding hydrogens is 302 g/mol. The second-order valence-electron chi connectivity index (χ2n) is 6.01. The summed E-state index contributed by atoms with van der Waals surface area (Å²) in [7, 11) is -4.05. The van der Waals surface area contributed by atoms with Gasteiger partial charge in [-0.25, -0.2) is 12.7 Å². The van der Waals surface area contributed by atoms with E-state index in [0.29, 0.717) is 0 Å². The van der Waals surface area contributed by atoms with Gasteiger partial charge in [-0.05, 0) is 32.4 Å². The van der Waals surface area contributed by atoms with Crippen LogP contribution < -0.4 is 0 Å². The maximum Gasteiger partial charge on any atom is 0.269 e. The van der Waals surface area contributed by atoms with Crippen LogP contribution in [0.15, 0.2) is 41.8 Å². The summed E-state index contributed by atoms with van der Waals surface area (Å²) in [6.07, 6.45) is 1.56. The number of hydrogen-bond acceptors (Lipinski definition) is 4. The molecule has 1 saturated heterocycles. The summed E-state index contributed by atoms with van der Waals surface area (Å²) in [6.45, 7) is 8.75. The van der Waals surface area contributed by atoms with Gasteiger partial charge in [0.1, 0.15) is 5.60 Å². The lowest BCUT2D eigenvalue weighted by atomic mass is 9.90. The van der Waals surface area contributed by atoms with E-state index in [1.54, 1.807) is 26.0 Å². The number of sulfonamides is 1. The molecule has 0 radical (unpaired) electrons. The smallest absolute Gasteiger partial charge is 0.269 e.